The Hall–Kier alpha value is -5.06. The zero-order chi connectivity index (χ0) is 39.0. The van der Waals surface area contributed by atoms with Crippen molar-refractivity contribution >= 4 is 5.57 Å². The van der Waals surface area contributed by atoms with Crippen LogP contribution >= 0.6 is 0 Å². The zero-order valence-corrected chi connectivity index (χ0v) is 34.2. The van der Waals surface area contributed by atoms with Gasteiger partial charge in [0, 0.05) is 17.1 Å². The lowest BCUT2D eigenvalue weighted by Gasteiger charge is -2.30. The first-order valence-electron chi connectivity index (χ1n) is 20.8. The number of hydrogen-bond donors (Lipinski definition) is 0. The van der Waals surface area contributed by atoms with Crippen LogP contribution in [0.4, 0.5) is 0 Å². The van der Waals surface area contributed by atoms with Crippen molar-refractivity contribution in [1.29, 1.82) is 0 Å². The van der Waals surface area contributed by atoms with E-state index in [4.69, 9.17) is 6.42 Å². The first-order chi connectivity index (χ1) is 26.8. The van der Waals surface area contributed by atoms with E-state index in [2.05, 4.69) is 174 Å². The quantitative estimate of drug-likeness (QED) is 0.129. The Kier molecular flexibility index (Phi) is 15.8. The molecule has 3 unspecified atom stereocenters. The van der Waals surface area contributed by atoms with Gasteiger partial charge in [0.25, 0.3) is 0 Å². The van der Waals surface area contributed by atoms with Crippen LogP contribution in [-0.2, 0) is 6.42 Å². The fourth-order valence-corrected chi connectivity index (χ4v) is 8.34. The van der Waals surface area contributed by atoms with Gasteiger partial charge in [0.1, 0.15) is 0 Å². The van der Waals surface area contributed by atoms with E-state index in [1.54, 1.807) is 11.6 Å². The van der Waals surface area contributed by atoms with E-state index in [9.17, 15) is 0 Å². The molecule has 284 valence electrons. The normalized spacial score (nSPS) is 22.2. The second kappa shape index (κ2) is 21.1. The molecule has 0 amide bonds. The van der Waals surface area contributed by atoms with Gasteiger partial charge in [-0.2, -0.15) is 0 Å². The third-order valence-corrected chi connectivity index (χ3v) is 11.2. The molecule has 0 aliphatic heterocycles. The Morgan fingerprint density at radius 1 is 1.04 bits per heavy atom. The maximum absolute atomic E-state index is 5.57. The summed E-state index contributed by atoms with van der Waals surface area (Å²) >= 11 is 0. The lowest BCUT2D eigenvalue weighted by Crippen LogP contribution is -2.21. The van der Waals surface area contributed by atoms with E-state index in [0.717, 1.165) is 62.8 Å². The maximum Gasteiger partial charge on any atom is 0.0490 e. The van der Waals surface area contributed by atoms with Crippen molar-refractivity contribution in [2.24, 2.45) is 17.8 Å². The van der Waals surface area contributed by atoms with E-state index in [1.165, 1.54) is 57.5 Å². The number of allylic oxidation sites excluding steroid dienone is 25. The van der Waals surface area contributed by atoms with Crippen molar-refractivity contribution < 1.29 is 0 Å². The number of benzene rings is 1. The molecule has 1 aromatic rings. The molecule has 4 aliphatic rings. The average Bonchev–Trinajstić information content (AvgIpc) is 3.39. The molecule has 0 fully saturated rings. The van der Waals surface area contributed by atoms with Crippen LogP contribution in [0.25, 0.3) is 5.57 Å². The first-order valence-corrected chi connectivity index (χ1v) is 20.8. The van der Waals surface area contributed by atoms with Gasteiger partial charge in [-0.05, 0) is 153 Å². The number of aryl methyl sites for hydroxylation is 2. The first kappa shape index (κ1) is 41.1. The summed E-state index contributed by atoms with van der Waals surface area (Å²) in [6.07, 6.45) is 59.0. The van der Waals surface area contributed by atoms with Crippen molar-refractivity contribution in [3.8, 4) is 12.3 Å². The van der Waals surface area contributed by atoms with Crippen molar-refractivity contribution in [3.05, 3.63) is 196 Å². The standard InChI is InChI=1S/C54H63N/c1-8-11-15-24-44(7)55(54(30-12-9-2)47-27-18-14-19-28-47)51-35-34-50(37-41(4)38-51)53-36-32-45(39-43(53)6)31-33-48(46-25-16-13-17-26-46)40-49(22-10-3)52-29-21-20-23-42(52)5/h1,11-19,21,24-25,27,29-30,32,34-39,41,46,48H,5,9-10,20,22-23,26,28,31,33,40H2,2-4,6-7H3/b15-11-,30-12-,44-24+,52-49+,54-47+. The summed E-state index contributed by atoms with van der Waals surface area (Å²) in [7, 11) is 0. The van der Waals surface area contributed by atoms with Crippen LogP contribution in [0.15, 0.2) is 180 Å². The highest BCUT2D eigenvalue weighted by Crippen LogP contribution is 2.37. The molecule has 0 saturated heterocycles. The summed E-state index contributed by atoms with van der Waals surface area (Å²) in [5, 5.41) is 0. The highest BCUT2D eigenvalue weighted by Gasteiger charge is 2.24. The molecule has 1 aromatic carbocycles. The van der Waals surface area contributed by atoms with Crippen LogP contribution in [0.5, 0.6) is 0 Å². The summed E-state index contributed by atoms with van der Waals surface area (Å²) < 4.78 is 0. The molecule has 0 heterocycles. The molecule has 1 heteroatoms. The Morgan fingerprint density at radius 2 is 1.89 bits per heavy atom. The van der Waals surface area contributed by atoms with Gasteiger partial charge >= 0.3 is 0 Å². The largest absolute Gasteiger partial charge is 0.315 e. The molecule has 5 rings (SSSR count). The van der Waals surface area contributed by atoms with Crippen LogP contribution in [0.1, 0.15) is 102 Å². The van der Waals surface area contributed by atoms with Crippen LogP contribution in [0.3, 0.4) is 0 Å². The smallest absolute Gasteiger partial charge is 0.0490 e. The molecular formula is C54H63N. The minimum Gasteiger partial charge on any atom is -0.315 e. The fourth-order valence-electron chi connectivity index (χ4n) is 8.34. The van der Waals surface area contributed by atoms with Gasteiger partial charge in [-0.1, -0.05) is 155 Å². The van der Waals surface area contributed by atoms with Gasteiger partial charge in [0.2, 0.25) is 0 Å². The number of terminal acetylenes is 1. The van der Waals surface area contributed by atoms with Gasteiger partial charge in [0.05, 0.1) is 0 Å². The van der Waals surface area contributed by atoms with Crippen molar-refractivity contribution in [2.75, 3.05) is 0 Å². The third-order valence-electron chi connectivity index (χ3n) is 11.2. The van der Waals surface area contributed by atoms with Gasteiger partial charge in [0.15, 0.2) is 0 Å². The van der Waals surface area contributed by atoms with E-state index in [0.29, 0.717) is 11.8 Å². The van der Waals surface area contributed by atoms with E-state index in [1.807, 2.05) is 6.08 Å². The van der Waals surface area contributed by atoms with Gasteiger partial charge in [-0.25, -0.2) is 0 Å². The summed E-state index contributed by atoms with van der Waals surface area (Å²) in [4.78, 5) is 2.39. The fraction of sp³-hybridized carbons (Fsp3) is 0.333. The van der Waals surface area contributed by atoms with Crippen molar-refractivity contribution in [1.82, 2.24) is 4.90 Å². The second-order valence-corrected chi connectivity index (χ2v) is 15.5. The highest BCUT2D eigenvalue weighted by molar-refractivity contribution is 5.77. The maximum atomic E-state index is 5.57. The molecule has 4 aliphatic carbocycles. The monoisotopic (exact) mass is 725 g/mol. The average molecular weight is 726 g/mol. The molecule has 0 aromatic heterocycles. The summed E-state index contributed by atoms with van der Waals surface area (Å²) in [5.74, 6) is 4.05. The summed E-state index contributed by atoms with van der Waals surface area (Å²) in [6, 6.07) is 7.18. The SMILES string of the molecule is C#C/C=C\C=C(/C)N(C1=CC(C)C=C(c2ccc(CCC(C/C(CCC)=C3\C=CCCC3=C)C3C=CC=CC3)cc2C)C=C1)C(/C=C\CC)=C1\C=CC=CC1. The topological polar surface area (TPSA) is 3.24 Å². The molecule has 0 spiro atoms. The van der Waals surface area contributed by atoms with Crippen molar-refractivity contribution in [3.63, 3.8) is 0 Å². The Balaban J connectivity index is 1.40. The molecule has 1 nitrogen and oxygen atoms in total. The van der Waals surface area contributed by atoms with Gasteiger partial charge < -0.3 is 4.90 Å². The molecule has 0 radical (unpaired) electrons. The third kappa shape index (κ3) is 11.5. The minimum atomic E-state index is 0.235. The summed E-state index contributed by atoms with van der Waals surface area (Å²) in [6.45, 7) is 15.7. The van der Waals surface area contributed by atoms with E-state index < -0.39 is 0 Å². The predicted molar refractivity (Wildman–Crippen MR) is 241 cm³/mol. The molecular weight excluding hydrogens is 663 g/mol. The van der Waals surface area contributed by atoms with Crippen LogP contribution in [-0.4, -0.2) is 4.90 Å². The zero-order valence-electron chi connectivity index (χ0n) is 34.2. The van der Waals surface area contributed by atoms with E-state index in [-0.39, 0.29) is 5.92 Å². The van der Waals surface area contributed by atoms with Crippen LogP contribution < -0.4 is 0 Å². The molecule has 0 bridgehead atoms. The van der Waals surface area contributed by atoms with Gasteiger partial charge in [-0.15, -0.1) is 6.42 Å². The number of rotatable bonds is 15. The Bertz CT molecular complexity index is 1990. The lowest BCUT2D eigenvalue weighted by atomic mass is 9.77. The summed E-state index contributed by atoms with van der Waals surface area (Å²) in [5.41, 5.74) is 14.5. The minimum absolute atomic E-state index is 0.235. The van der Waals surface area contributed by atoms with E-state index >= 15 is 0 Å². The van der Waals surface area contributed by atoms with Gasteiger partial charge in [-0.3, -0.25) is 0 Å². The second-order valence-electron chi connectivity index (χ2n) is 15.5. The molecule has 0 saturated carbocycles. The highest BCUT2D eigenvalue weighted by atomic mass is 15.2. The van der Waals surface area contributed by atoms with Crippen molar-refractivity contribution in [2.45, 2.75) is 98.8 Å². The molecule has 55 heavy (non-hydrogen) atoms. The number of hydrogen-bond acceptors (Lipinski definition) is 1. The molecule has 0 N–H and O–H groups in total. The van der Waals surface area contributed by atoms with Crippen LogP contribution in [0.2, 0.25) is 0 Å². The Morgan fingerprint density at radius 3 is 2.60 bits per heavy atom. The molecule has 3 atom stereocenters. The lowest BCUT2D eigenvalue weighted by molar-refractivity contribution is 0.362. The predicted octanol–water partition coefficient (Wildman–Crippen LogP) is 14.7. The van der Waals surface area contributed by atoms with Crippen LogP contribution in [0, 0.1) is 37.0 Å². The number of nitrogens with zero attached hydrogens (tertiary/aromatic N) is 1. The Labute approximate surface area is 334 Å².